The quantitative estimate of drug-likeness (QED) is 0.705. The molecule has 25 heavy (non-hydrogen) atoms. The van der Waals surface area contributed by atoms with Crippen molar-refractivity contribution in [1.82, 2.24) is 5.32 Å². The first-order valence-electron chi connectivity index (χ1n) is 8.78. The molecule has 0 fully saturated rings. The topological polar surface area (TPSA) is 76.7 Å². The van der Waals surface area contributed by atoms with Crippen LogP contribution in [-0.4, -0.2) is 31.8 Å². The van der Waals surface area contributed by atoms with Crippen LogP contribution in [0.4, 0.5) is 10.5 Å². The van der Waals surface area contributed by atoms with Crippen molar-refractivity contribution in [2.75, 3.05) is 25.1 Å². The maximum Gasteiger partial charge on any atom is 0.411 e. The molecule has 1 aromatic rings. The Bertz CT molecular complexity index is 613. The number of hydrogen-bond donors (Lipinski definition) is 2. The molecule has 0 unspecified atom stereocenters. The number of allylic oxidation sites excluding steroid dienone is 1. The summed E-state index contributed by atoms with van der Waals surface area (Å²) in [4.78, 5) is 23.3. The van der Waals surface area contributed by atoms with Crippen LogP contribution in [0.2, 0.25) is 0 Å². The molecule has 0 radical (unpaired) electrons. The van der Waals surface area contributed by atoms with Crippen molar-refractivity contribution >= 4 is 17.7 Å². The molecule has 6 nitrogen and oxygen atoms in total. The van der Waals surface area contributed by atoms with Crippen LogP contribution < -0.4 is 15.4 Å². The number of benzene rings is 1. The van der Waals surface area contributed by atoms with Gasteiger partial charge in [-0.25, -0.2) is 4.79 Å². The molecule has 2 N–H and O–H groups in total. The third kappa shape index (κ3) is 7.28. The summed E-state index contributed by atoms with van der Waals surface area (Å²) in [6.45, 7) is 2.63. The average Bonchev–Trinajstić information content (AvgIpc) is 2.61. The Morgan fingerprint density at radius 2 is 2.12 bits per heavy atom. The third-order valence-corrected chi connectivity index (χ3v) is 3.88. The molecule has 136 valence electrons. The van der Waals surface area contributed by atoms with Crippen LogP contribution in [0.5, 0.6) is 5.75 Å². The van der Waals surface area contributed by atoms with E-state index in [4.69, 9.17) is 9.47 Å². The lowest BCUT2D eigenvalue weighted by atomic mass is 9.97. The zero-order valence-corrected chi connectivity index (χ0v) is 14.7. The minimum Gasteiger partial charge on any atom is -0.484 e. The molecule has 0 aliphatic heterocycles. The standard InChI is InChI=1S/C19H26N2O4/c1-2-24-19(23)21-16-9-6-10-17(13-16)25-14-18(22)20-12-11-15-7-4-3-5-8-15/h6-7,9-10,13H,2-5,8,11-12,14H2,1H3,(H,20,22)(H,21,23). The first kappa shape index (κ1) is 18.8. The summed E-state index contributed by atoms with van der Waals surface area (Å²) in [6, 6.07) is 6.85. The predicted molar refractivity (Wildman–Crippen MR) is 96.8 cm³/mol. The van der Waals surface area contributed by atoms with Crippen LogP contribution in [0.1, 0.15) is 39.0 Å². The number of amides is 2. The van der Waals surface area contributed by atoms with Crippen molar-refractivity contribution in [3.8, 4) is 5.75 Å². The van der Waals surface area contributed by atoms with Gasteiger partial charge in [-0.2, -0.15) is 0 Å². The summed E-state index contributed by atoms with van der Waals surface area (Å²) in [5, 5.41) is 5.46. The Morgan fingerprint density at radius 1 is 1.24 bits per heavy atom. The summed E-state index contributed by atoms with van der Waals surface area (Å²) >= 11 is 0. The second-order valence-corrected chi connectivity index (χ2v) is 5.87. The molecule has 2 rings (SSSR count). The highest BCUT2D eigenvalue weighted by Gasteiger charge is 2.07. The summed E-state index contributed by atoms with van der Waals surface area (Å²) < 4.78 is 10.3. The van der Waals surface area contributed by atoms with Gasteiger partial charge in [0.05, 0.1) is 6.61 Å². The number of carbonyl (C=O) groups excluding carboxylic acids is 2. The molecule has 1 aliphatic carbocycles. The second-order valence-electron chi connectivity index (χ2n) is 5.87. The van der Waals surface area contributed by atoms with Crippen molar-refractivity contribution < 1.29 is 19.1 Å². The fraction of sp³-hybridized carbons (Fsp3) is 0.474. The fourth-order valence-corrected chi connectivity index (χ4v) is 2.64. The van der Waals surface area contributed by atoms with Gasteiger partial charge in [0, 0.05) is 18.3 Å². The number of hydrogen-bond acceptors (Lipinski definition) is 4. The van der Waals surface area contributed by atoms with E-state index in [1.54, 1.807) is 31.2 Å². The van der Waals surface area contributed by atoms with E-state index < -0.39 is 6.09 Å². The number of carbonyl (C=O) groups is 2. The monoisotopic (exact) mass is 346 g/mol. The maximum atomic E-state index is 11.9. The van der Waals surface area contributed by atoms with Crippen LogP contribution >= 0.6 is 0 Å². The van der Waals surface area contributed by atoms with Gasteiger partial charge < -0.3 is 14.8 Å². The Kier molecular flexibility index (Phi) is 7.82. The molecule has 0 saturated heterocycles. The van der Waals surface area contributed by atoms with Gasteiger partial charge in [0.1, 0.15) is 5.75 Å². The molecule has 0 spiro atoms. The lowest BCUT2D eigenvalue weighted by Gasteiger charge is -2.13. The summed E-state index contributed by atoms with van der Waals surface area (Å²) in [5.41, 5.74) is 1.99. The Hall–Kier alpha value is -2.50. The zero-order chi connectivity index (χ0) is 17.9. The van der Waals surface area contributed by atoms with Crippen molar-refractivity contribution in [3.63, 3.8) is 0 Å². The van der Waals surface area contributed by atoms with E-state index in [1.165, 1.54) is 18.4 Å². The first-order chi connectivity index (χ1) is 12.2. The van der Waals surface area contributed by atoms with E-state index in [0.717, 1.165) is 19.3 Å². The lowest BCUT2D eigenvalue weighted by Crippen LogP contribution is -2.30. The lowest BCUT2D eigenvalue weighted by molar-refractivity contribution is -0.123. The third-order valence-electron chi connectivity index (χ3n) is 3.88. The highest BCUT2D eigenvalue weighted by molar-refractivity contribution is 5.84. The normalized spacial score (nSPS) is 13.6. The van der Waals surface area contributed by atoms with Crippen molar-refractivity contribution in [3.05, 3.63) is 35.9 Å². The maximum absolute atomic E-state index is 11.9. The molecule has 1 aromatic carbocycles. The van der Waals surface area contributed by atoms with Gasteiger partial charge in [-0.05, 0) is 51.2 Å². The number of ether oxygens (including phenoxy) is 2. The highest BCUT2D eigenvalue weighted by Crippen LogP contribution is 2.19. The number of anilines is 1. The molecule has 0 aromatic heterocycles. The van der Waals surface area contributed by atoms with Gasteiger partial charge in [-0.3, -0.25) is 10.1 Å². The van der Waals surface area contributed by atoms with Crippen LogP contribution in [0, 0.1) is 0 Å². The van der Waals surface area contributed by atoms with E-state index in [9.17, 15) is 9.59 Å². The molecule has 1 aliphatic rings. The van der Waals surface area contributed by atoms with Gasteiger partial charge in [0.2, 0.25) is 0 Å². The molecule has 0 atom stereocenters. The van der Waals surface area contributed by atoms with E-state index in [-0.39, 0.29) is 12.5 Å². The van der Waals surface area contributed by atoms with Gasteiger partial charge in [-0.15, -0.1) is 0 Å². The Balaban J connectivity index is 1.70. The van der Waals surface area contributed by atoms with E-state index in [1.807, 2.05) is 0 Å². The highest BCUT2D eigenvalue weighted by atomic mass is 16.5. The van der Waals surface area contributed by atoms with E-state index in [0.29, 0.717) is 24.6 Å². The van der Waals surface area contributed by atoms with Gasteiger partial charge in [-0.1, -0.05) is 17.7 Å². The van der Waals surface area contributed by atoms with Crippen molar-refractivity contribution in [2.45, 2.75) is 39.0 Å². The summed E-state index contributed by atoms with van der Waals surface area (Å²) in [7, 11) is 0. The molecular weight excluding hydrogens is 320 g/mol. The van der Waals surface area contributed by atoms with Crippen LogP contribution in [0.25, 0.3) is 0 Å². The van der Waals surface area contributed by atoms with Crippen LogP contribution in [0.15, 0.2) is 35.9 Å². The average molecular weight is 346 g/mol. The molecule has 0 bridgehead atoms. The van der Waals surface area contributed by atoms with Gasteiger partial charge >= 0.3 is 6.09 Å². The molecule has 0 heterocycles. The Labute approximate surface area is 148 Å². The van der Waals surface area contributed by atoms with Crippen LogP contribution in [-0.2, 0) is 9.53 Å². The van der Waals surface area contributed by atoms with Crippen molar-refractivity contribution in [2.24, 2.45) is 0 Å². The van der Waals surface area contributed by atoms with E-state index >= 15 is 0 Å². The molecule has 6 heteroatoms. The van der Waals surface area contributed by atoms with Gasteiger partial charge in [0.15, 0.2) is 6.61 Å². The van der Waals surface area contributed by atoms with Gasteiger partial charge in [0.25, 0.3) is 5.91 Å². The van der Waals surface area contributed by atoms with Crippen LogP contribution in [0.3, 0.4) is 0 Å². The second kappa shape index (κ2) is 10.4. The largest absolute Gasteiger partial charge is 0.484 e. The minimum atomic E-state index is -0.519. The molecule has 2 amide bonds. The predicted octanol–water partition coefficient (Wildman–Crippen LogP) is 3.64. The molecular formula is C19H26N2O4. The molecule has 0 saturated carbocycles. The minimum absolute atomic E-state index is 0.0537. The summed E-state index contributed by atoms with van der Waals surface area (Å²) in [6.07, 6.45) is 7.50. The smallest absolute Gasteiger partial charge is 0.411 e. The number of rotatable bonds is 8. The SMILES string of the molecule is CCOC(=O)Nc1cccc(OCC(=O)NCCC2=CCCCC2)c1. The first-order valence-corrected chi connectivity index (χ1v) is 8.78. The number of nitrogens with one attached hydrogen (secondary N) is 2. The zero-order valence-electron chi connectivity index (χ0n) is 14.7. The fourth-order valence-electron chi connectivity index (χ4n) is 2.64. The Morgan fingerprint density at radius 3 is 2.88 bits per heavy atom. The van der Waals surface area contributed by atoms with E-state index in [2.05, 4.69) is 16.7 Å². The summed E-state index contributed by atoms with van der Waals surface area (Å²) in [5.74, 6) is 0.361. The van der Waals surface area contributed by atoms with Crippen molar-refractivity contribution in [1.29, 1.82) is 0 Å².